The summed E-state index contributed by atoms with van der Waals surface area (Å²) in [6.45, 7) is 2.62. The maximum absolute atomic E-state index is 13.0. The van der Waals surface area contributed by atoms with Crippen molar-refractivity contribution in [2.45, 2.75) is 32.1 Å². The van der Waals surface area contributed by atoms with E-state index in [0.29, 0.717) is 23.7 Å². The molecule has 1 aromatic heterocycles. The summed E-state index contributed by atoms with van der Waals surface area (Å²) in [5.74, 6) is -0.569. The standard InChI is InChI=1S/C22H21FN4O2S/c1-2-15-5-3-4-6-18(15)27-13-16(12-20(27)29)21-25-26-22(30-21)24-19(28)11-14-7-9-17(23)10-8-14/h3-10,16H,2,11-13H2,1H3,(H,24,26,28)/t16-/m0/s1. The first-order valence-electron chi connectivity index (χ1n) is 9.79. The van der Waals surface area contributed by atoms with E-state index in [-0.39, 0.29) is 30.0 Å². The van der Waals surface area contributed by atoms with Crippen LogP contribution in [0, 0.1) is 5.82 Å². The zero-order chi connectivity index (χ0) is 21.1. The molecule has 1 saturated heterocycles. The maximum atomic E-state index is 13.0. The Bertz CT molecular complexity index is 1070. The number of nitrogens with one attached hydrogen (secondary N) is 1. The monoisotopic (exact) mass is 424 g/mol. The van der Waals surface area contributed by atoms with Gasteiger partial charge >= 0.3 is 0 Å². The third-order valence-electron chi connectivity index (χ3n) is 5.10. The average molecular weight is 425 g/mol. The molecule has 1 aliphatic rings. The smallest absolute Gasteiger partial charge is 0.230 e. The molecule has 1 atom stereocenters. The molecule has 8 heteroatoms. The summed E-state index contributed by atoms with van der Waals surface area (Å²) in [4.78, 5) is 26.7. The molecule has 2 amide bonds. The summed E-state index contributed by atoms with van der Waals surface area (Å²) in [5, 5.41) is 12.1. The Labute approximate surface area is 177 Å². The van der Waals surface area contributed by atoms with Crippen molar-refractivity contribution in [3.8, 4) is 0 Å². The fourth-order valence-corrected chi connectivity index (χ4v) is 4.43. The fourth-order valence-electron chi connectivity index (χ4n) is 3.58. The summed E-state index contributed by atoms with van der Waals surface area (Å²) in [7, 11) is 0. The second-order valence-electron chi connectivity index (χ2n) is 7.18. The topological polar surface area (TPSA) is 75.2 Å². The number of para-hydroxylation sites is 1. The van der Waals surface area contributed by atoms with Gasteiger partial charge in [0.25, 0.3) is 0 Å². The van der Waals surface area contributed by atoms with E-state index in [1.54, 1.807) is 12.1 Å². The lowest BCUT2D eigenvalue weighted by molar-refractivity contribution is -0.117. The average Bonchev–Trinajstić information content (AvgIpc) is 3.36. The van der Waals surface area contributed by atoms with Crippen molar-refractivity contribution >= 4 is 34.0 Å². The number of hydrogen-bond donors (Lipinski definition) is 1. The lowest BCUT2D eigenvalue weighted by atomic mass is 10.1. The van der Waals surface area contributed by atoms with Crippen LogP contribution in [0.2, 0.25) is 0 Å². The van der Waals surface area contributed by atoms with E-state index in [2.05, 4.69) is 22.4 Å². The molecule has 0 spiro atoms. The second kappa shape index (κ2) is 8.71. The lowest BCUT2D eigenvalue weighted by Crippen LogP contribution is -2.25. The van der Waals surface area contributed by atoms with Crippen LogP contribution in [0.1, 0.15) is 35.4 Å². The van der Waals surface area contributed by atoms with Gasteiger partial charge in [-0.2, -0.15) is 0 Å². The third kappa shape index (κ3) is 4.38. The molecule has 2 heterocycles. The number of rotatable bonds is 6. The minimum atomic E-state index is -0.338. The quantitative estimate of drug-likeness (QED) is 0.650. The zero-order valence-electron chi connectivity index (χ0n) is 16.5. The number of amides is 2. The van der Waals surface area contributed by atoms with Crippen molar-refractivity contribution in [3.63, 3.8) is 0 Å². The number of halogens is 1. The molecular weight excluding hydrogens is 403 g/mol. The van der Waals surface area contributed by atoms with E-state index in [1.165, 1.54) is 23.5 Å². The van der Waals surface area contributed by atoms with Gasteiger partial charge in [-0.25, -0.2) is 4.39 Å². The molecule has 4 rings (SSSR count). The summed E-state index contributed by atoms with van der Waals surface area (Å²) < 4.78 is 13.0. The molecule has 154 valence electrons. The molecule has 3 aromatic rings. The molecule has 6 nitrogen and oxygen atoms in total. The summed E-state index contributed by atoms with van der Waals surface area (Å²) in [5.41, 5.74) is 2.80. The molecule has 1 N–H and O–H groups in total. The molecule has 0 aliphatic carbocycles. The Morgan fingerprint density at radius 1 is 1.20 bits per heavy atom. The van der Waals surface area contributed by atoms with Crippen LogP contribution in [0.4, 0.5) is 15.2 Å². The Hall–Kier alpha value is -3.13. The normalized spacial score (nSPS) is 16.1. The summed E-state index contributed by atoms with van der Waals surface area (Å²) >= 11 is 1.29. The molecule has 0 saturated carbocycles. The van der Waals surface area contributed by atoms with Crippen LogP contribution < -0.4 is 10.2 Å². The van der Waals surface area contributed by atoms with Gasteiger partial charge in [-0.3, -0.25) is 9.59 Å². The summed E-state index contributed by atoms with van der Waals surface area (Å²) in [6, 6.07) is 13.7. The predicted molar refractivity (Wildman–Crippen MR) is 114 cm³/mol. The Kier molecular flexibility index (Phi) is 5.85. The number of benzene rings is 2. The van der Waals surface area contributed by atoms with Gasteiger partial charge < -0.3 is 10.2 Å². The van der Waals surface area contributed by atoms with Gasteiger partial charge in [0, 0.05) is 24.6 Å². The third-order valence-corrected chi connectivity index (χ3v) is 6.10. The molecular formula is C22H21FN4O2S. The number of aryl methyl sites for hydroxylation is 1. The minimum Gasteiger partial charge on any atom is -0.311 e. The van der Waals surface area contributed by atoms with Crippen molar-refractivity contribution in [3.05, 3.63) is 70.5 Å². The highest BCUT2D eigenvalue weighted by molar-refractivity contribution is 7.15. The van der Waals surface area contributed by atoms with E-state index < -0.39 is 0 Å². The number of anilines is 2. The molecule has 0 bridgehead atoms. The van der Waals surface area contributed by atoms with Crippen LogP contribution in [-0.2, 0) is 22.4 Å². The first-order valence-corrected chi connectivity index (χ1v) is 10.6. The van der Waals surface area contributed by atoms with Gasteiger partial charge in [0.1, 0.15) is 10.8 Å². The van der Waals surface area contributed by atoms with Crippen LogP contribution >= 0.6 is 11.3 Å². The first-order chi connectivity index (χ1) is 14.5. The molecule has 1 aliphatic heterocycles. The molecule has 1 fully saturated rings. The number of aromatic nitrogens is 2. The van der Waals surface area contributed by atoms with E-state index >= 15 is 0 Å². The number of carbonyl (C=O) groups excluding carboxylic acids is 2. The van der Waals surface area contributed by atoms with Gasteiger partial charge in [0.2, 0.25) is 16.9 Å². The van der Waals surface area contributed by atoms with Crippen molar-refractivity contribution in [1.82, 2.24) is 10.2 Å². The van der Waals surface area contributed by atoms with Crippen molar-refractivity contribution < 1.29 is 14.0 Å². The van der Waals surface area contributed by atoms with Crippen molar-refractivity contribution in [2.75, 3.05) is 16.8 Å². The maximum Gasteiger partial charge on any atom is 0.230 e. The second-order valence-corrected chi connectivity index (χ2v) is 8.19. The Morgan fingerprint density at radius 2 is 1.97 bits per heavy atom. The molecule has 2 aromatic carbocycles. The van der Waals surface area contributed by atoms with Crippen LogP contribution in [0.3, 0.4) is 0 Å². The van der Waals surface area contributed by atoms with Crippen molar-refractivity contribution in [1.29, 1.82) is 0 Å². The van der Waals surface area contributed by atoms with Gasteiger partial charge in [-0.05, 0) is 35.7 Å². The van der Waals surface area contributed by atoms with Gasteiger partial charge in [-0.1, -0.05) is 48.6 Å². The Balaban J connectivity index is 1.41. The van der Waals surface area contributed by atoms with E-state index in [9.17, 15) is 14.0 Å². The molecule has 0 radical (unpaired) electrons. The SMILES string of the molecule is CCc1ccccc1N1C[C@@H](c2nnc(NC(=O)Cc3ccc(F)cc3)s2)CC1=O. The summed E-state index contributed by atoms with van der Waals surface area (Å²) in [6.07, 6.45) is 1.35. The van der Waals surface area contributed by atoms with E-state index in [0.717, 1.165) is 22.7 Å². The van der Waals surface area contributed by atoms with E-state index in [4.69, 9.17) is 0 Å². The first kappa shape index (κ1) is 20.2. The van der Waals surface area contributed by atoms with Gasteiger partial charge in [0.15, 0.2) is 0 Å². The van der Waals surface area contributed by atoms with Crippen LogP contribution in [0.5, 0.6) is 0 Å². The van der Waals surface area contributed by atoms with E-state index in [1.807, 2.05) is 29.2 Å². The van der Waals surface area contributed by atoms with Crippen LogP contribution in [-0.4, -0.2) is 28.6 Å². The number of carbonyl (C=O) groups is 2. The highest BCUT2D eigenvalue weighted by atomic mass is 32.1. The van der Waals surface area contributed by atoms with Crippen LogP contribution in [0.25, 0.3) is 0 Å². The minimum absolute atomic E-state index is 0.0531. The number of hydrogen-bond acceptors (Lipinski definition) is 5. The van der Waals surface area contributed by atoms with Crippen molar-refractivity contribution in [2.24, 2.45) is 0 Å². The van der Waals surface area contributed by atoms with Gasteiger partial charge in [-0.15, -0.1) is 10.2 Å². The molecule has 30 heavy (non-hydrogen) atoms. The van der Waals surface area contributed by atoms with Gasteiger partial charge in [0.05, 0.1) is 6.42 Å². The molecule has 0 unspecified atom stereocenters. The predicted octanol–water partition coefficient (Wildman–Crippen LogP) is 3.94. The Morgan fingerprint density at radius 3 is 2.73 bits per heavy atom. The largest absolute Gasteiger partial charge is 0.311 e. The zero-order valence-corrected chi connectivity index (χ0v) is 17.3. The van der Waals surface area contributed by atoms with Crippen LogP contribution in [0.15, 0.2) is 48.5 Å². The highest BCUT2D eigenvalue weighted by Gasteiger charge is 2.34. The fraction of sp³-hybridized carbons (Fsp3) is 0.273. The highest BCUT2D eigenvalue weighted by Crippen LogP contribution is 2.35. The number of nitrogens with zero attached hydrogens (tertiary/aromatic N) is 3. The lowest BCUT2D eigenvalue weighted by Gasteiger charge is -2.19.